The van der Waals surface area contributed by atoms with Crippen LogP contribution in [-0.2, 0) is 4.74 Å². The molecule has 4 heteroatoms. The van der Waals surface area contributed by atoms with E-state index in [1.807, 2.05) is 0 Å². The number of ether oxygens (including phenoxy) is 1. The fraction of sp³-hybridized carbons (Fsp3) is 0.286. The van der Waals surface area contributed by atoms with Gasteiger partial charge in [-0.1, -0.05) is 18.2 Å². The first kappa shape index (κ1) is 11.7. The summed E-state index contributed by atoms with van der Waals surface area (Å²) in [6.07, 6.45) is 4.30. The molecule has 18 heavy (non-hydrogen) atoms. The molecule has 1 atom stereocenters. The Morgan fingerprint density at radius 3 is 2.94 bits per heavy atom. The van der Waals surface area contributed by atoms with Gasteiger partial charge in [0.2, 0.25) is 0 Å². The van der Waals surface area contributed by atoms with Gasteiger partial charge in [-0.3, -0.25) is 5.84 Å². The number of benzene rings is 1. The SMILES string of the molecule is NNC(C1=CCCCO1)c1cc2ccccc2s1. The Labute approximate surface area is 110 Å². The summed E-state index contributed by atoms with van der Waals surface area (Å²) < 4.78 is 6.99. The second-order valence-electron chi connectivity index (χ2n) is 4.38. The minimum absolute atomic E-state index is 0.0253. The maximum absolute atomic E-state index is 5.71. The van der Waals surface area contributed by atoms with Crippen LogP contribution in [0.1, 0.15) is 23.8 Å². The zero-order chi connectivity index (χ0) is 12.4. The Hall–Kier alpha value is -1.36. The molecule has 2 heterocycles. The van der Waals surface area contributed by atoms with E-state index < -0.39 is 0 Å². The molecule has 94 valence electrons. The number of thiophene rings is 1. The number of hydrazine groups is 1. The van der Waals surface area contributed by atoms with Gasteiger partial charge in [0, 0.05) is 9.58 Å². The van der Waals surface area contributed by atoms with Gasteiger partial charge >= 0.3 is 0 Å². The highest BCUT2D eigenvalue weighted by atomic mass is 32.1. The van der Waals surface area contributed by atoms with Crippen LogP contribution in [0.25, 0.3) is 10.1 Å². The van der Waals surface area contributed by atoms with Crippen molar-refractivity contribution in [2.75, 3.05) is 6.61 Å². The lowest BCUT2D eigenvalue weighted by Crippen LogP contribution is -2.30. The molecule has 0 saturated carbocycles. The molecule has 1 unspecified atom stereocenters. The summed E-state index contributed by atoms with van der Waals surface area (Å²) in [5, 5.41) is 1.26. The van der Waals surface area contributed by atoms with E-state index >= 15 is 0 Å². The zero-order valence-electron chi connectivity index (χ0n) is 10.1. The molecular weight excluding hydrogens is 244 g/mol. The molecule has 3 rings (SSSR count). The van der Waals surface area contributed by atoms with E-state index in [2.05, 4.69) is 41.8 Å². The Kier molecular flexibility index (Phi) is 3.32. The van der Waals surface area contributed by atoms with E-state index in [9.17, 15) is 0 Å². The van der Waals surface area contributed by atoms with Crippen molar-refractivity contribution < 1.29 is 4.74 Å². The van der Waals surface area contributed by atoms with Gasteiger partial charge in [0.15, 0.2) is 0 Å². The zero-order valence-corrected chi connectivity index (χ0v) is 10.9. The third kappa shape index (κ3) is 2.14. The summed E-state index contributed by atoms with van der Waals surface area (Å²) >= 11 is 1.76. The fourth-order valence-corrected chi connectivity index (χ4v) is 3.36. The molecule has 0 spiro atoms. The molecule has 0 aliphatic carbocycles. The first-order valence-electron chi connectivity index (χ1n) is 6.16. The number of allylic oxidation sites excluding steroid dienone is 1. The molecule has 1 aromatic heterocycles. The quantitative estimate of drug-likeness (QED) is 0.658. The summed E-state index contributed by atoms with van der Waals surface area (Å²) in [6.45, 7) is 0.787. The number of hydrogen-bond donors (Lipinski definition) is 2. The molecule has 1 aliphatic rings. The van der Waals surface area contributed by atoms with Crippen molar-refractivity contribution in [3.8, 4) is 0 Å². The lowest BCUT2D eigenvalue weighted by molar-refractivity contribution is 0.168. The first-order chi connectivity index (χ1) is 8.88. The lowest BCUT2D eigenvalue weighted by Gasteiger charge is -2.22. The molecule has 0 bridgehead atoms. The minimum atomic E-state index is -0.0253. The van der Waals surface area contributed by atoms with E-state index in [-0.39, 0.29) is 6.04 Å². The molecule has 0 amide bonds. The second-order valence-corrected chi connectivity index (χ2v) is 5.50. The van der Waals surface area contributed by atoms with E-state index in [1.54, 1.807) is 11.3 Å². The van der Waals surface area contributed by atoms with Crippen LogP contribution in [0.5, 0.6) is 0 Å². The van der Waals surface area contributed by atoms with Crippen LogP contribution < -0.4 is 11.3 Å². The summed E-state index contributed by atoms with van der Waals surface area (Å²) in [7, 11) is 0. The van der Waals surface area contributed by atoms with Gasteiger partial charge in [-0.25, -0.2) is 5.43 Å². The van der Waals surface area contributed by atoms with E-state index in [0.717, 1.165) is 25.2 Å². The van der Waals surface area contributed by atoms with Crippen LogP contribution in [0.2, 0.25) is 0 Å². The topological polar surface area (TPSA) is 47.3 Å². The molecule has 3 N–H and O–H groups in total. The molecule has 3 nitrogen and oxygen atoms in total. The lowest BCUT2D eigenvalue weighted by atomic mass is 10.1. The van der Waals surface area contributed by atoms with Crippen molar-refractivity contribution in [2.24, 2.45) is 5.84 Å². The number of rotatable bonds is 3. The third-order valence-electron chi connectivity index (χ3n) is 3.14. The number of hydrogen-bond acceptors (Lipinski definition) is 4. The highest BCUT2D eigenvalue weighted by molar-refractivity contribution is 7.19. The summed E-state index contributed by atoms with van der Waals surface area (Å²) in [5.74, 6) is 6.65. The van der Waals surface area contributed by atoms with Crippen molar-refractivity contribution in [1.29, 1.82) is 0 Å². The van der Waals surface area contributed by atoms with Gasteiger partial charge < -0.3 is 4.74 Å². The normalized spacial score (nSPS) is 17.3. The molecular formula is C14H16N2OS. The number of fused-ring (bicyclic) bond motifs is 1. The molecule has 1 aromatic carbocycles. The minimum Gasteiger partial charge on any atom is -0.496 e. The van der Waals surface area contributed by atoms with E-state index in [0.29, 0.717) is 0 Å². The highest BCUT2D eigenvalue weighted by Gasteiger charge is 2.20. The molecule has 1 aliphatic heterocycles. The van der Waals surface area contributed by atoms with Crippen molar-refractivity contribution >= 4 is 21.4 Å². The molecule has 2 aromatic rings. The van der Waals surface area contributed by atoms with Crippen LogP contribution in [0, 0.1) is 0 Å². The maximum atomic E-state index is 5.71. The molecule has 0 fully saturated rings. The standard InChI is InChI=1S/C14H16N2OS/c15-16-14(11-6-3-4-8-17-11)13-9-10-5-1-2-7-12(10)18-13/h1-2,5-7,9,14,16H,3-4,8,15H2. The molecule has 0 saturated heterocycles. The Morgan fingerprint density at radius 2 is 2.22 bits per heavy atom. The number of nitrogens with one attached hydrogen (secondary N) is 1. The second kappa shape index (κ2) is 5.10. The Balaban J connectivity index is 1.97. The Morgan fingerprint density at radius 1 is 1.33 bits per heavy atom. The van der Waals surface area contributed by atoms with Gasteiger partial charge in [-0.05, 0) is 36.4 Å². The summed E-state index contributed by atoms with van der Waals surface area (Å²) in [4.78, 5) is 1.20. The van der Waals surface area contributed by atoms with Gasteiger partial charge in [-0.2, -0.15) is 0 Å². The van der Waals surface area contributed by atoms with Crippen LogP contribution in [-0.4, -0.2) is 6.61 Å². The average Bonchev–Trinajstić information content (AvgIpc) is 2.84. The van der Waals surface area contributed by atoms with E-state index in [4.69, 9.17) is 10.6 Å². The van der Waals surface area contributed by atoms with Crippen molar-refractivity contribution in [1.82, 2.24) is 5.43 Å². The first-order valence-corrected chi connectivity index (χ1v) is 6.97. The van der Waals surface area contributed by atoms with Crippen LogP contribution in [0.3, 0.4) is 0 Å². The number of nitrogens with two attached hydrogens (primary N) is 1. The van der Waals surface area contributed by atoms with Crippen LogP contribution in [0.4, 0.5) is 0 Å². The van der Waals surface area contributed by atoms with Gasteiger partial charge in [0.05, 0.1) is 6.61 Å². The fourth-order valence-electron chi connectivity index (χ4n) is 2.23. The largest absolute Gasteiger partial charge is 0.496 e. The van der Waals surface area contributed by atoms with Gasteiger partial charge in [0.1, 0.15) is 11.8 Å². The van der Waals surface area contributed by atoms with Crippen LogP contribution >= 0.6 is 11.3 Å². The van der Waals surface area contributed by atoms with E-state index in [1.165, 1.54) is 15.0 Å². The van der Waals surface area contributed by atoms with Gasteiger partial charge in [0.25, 0.3) is 0 Å². The summed E-state index contributed by atoms with van der Waals surface area (Å²) in [6, 6.07) is 10.5. The average molecular weight is 260 g/mol. The highest BCUT2D eigenvalue weighted by Crippen LogP contribution is 2.34. The predicted octanol–water partition coefficient (Wildman–Crippen LogP) is 3.10. The van der Waals surface area contributed by atoms with Crippen molar-refractivity contribution in [3.05, 3.63) is 47.0 Å². The van der Waals surface area contributed by atoms with Crippen molar-refractivity contribution in [3.63, 3.8) is 0 Å². The van der Waals surface area contributed by atoms with Crippen LogP contribution in [0.15, 0.2) is 42.2 Å². The predicted molar refractivity (Wildman–Crippen MR) is 75.2 cm³/mol. The molecule has 0 radical (unpaired) electrons. The monoisotopic (exact) mass is 260 g/mol. The maximum Gasteiger partial charge on any atom is 0.116 e. The van der Waals surface area contributed by atoms with Crippen molar-refractivity contribution in [2.45, 2.75) is 18.9 Å². The van der Waals surface area contributed by atoms with Gasteiger partial charge in [-0.15, -0.1) is 11.3 Å². The smallest absolute Gasteiger partial charge is 0.116 e. The Bertz CT molecular complexity index is 543. The summed E-state index contributed by atoms with van der Waals surface area (Å²) in [5.41, 5.74) is 2.87. The third-order valence-corrected chi connectivity index (χ3v) is 4.32.